The Morgan fingerprint density at radius 3 is 2.55 bits per heavy atom. The molecule has 1 atom stereocenters. The first-order valence-corrected chi connectivity index (χ1v) is 11.1. The zero-order chi connectivity index (χ0) is 22.2. The monoisotopic (exact) mass is 423 g/mol. The Hall–Kier alpha value is -2.86. The van der Waals surface area contributed by atoms with E-state index in [2.05, 4.69) is 19.2 Å². The molecular weight excluding hydrogens is 390 g/mol. The molecule has 2 amide bonds. The lowest BCUT2D eigenvalue weighted by atomic mass is 10.1. The SMILES string of the molecule is CCCN(CCC)C(=O)c1cccc(NC2c3ccccc3C(=O)N2CCCOC)c1. The van der Waals surface area contributed by atoms with Crippen LogP contribution in [0, 0.1) is 0 Å². The van der Waals surface area contributed by atoms with Crippen LogP contribution in [0.25, 0.3) is 0 Å². The minimum atomic E-state index is -0.270. The molecule has 0 aromatic heterocycles. The average Bonchev–Trinajstić information content (AvgIpc) is 3.05. The summed E-state index contributed by atoms with van der Waals surface area (Å²) < 4.78 is 5.17. The van der Waals surface area contributed by atoms with E-state index in [9.17, 15) is 9.59 Å². The number of hydrogen-bond acceptors (Lipinski definition) is 4. The van der Waals surface area contributed by atoms with Crippen molar-refractivity contribution < 1.29 is 14.3 Å². The van der Waals surface area contributed by atoms with Crippen LogP contribution in [0.3, 0.4) is 0 Å². The molecule has 0 saturated heterocycles. The van der Waals surface area contributed by atoms with Gasteiger partial charge in [0.15, 0.2) is 0 Å². The maximum atomic E-state index is 13.0. The molecule has 0 saturated carbocycles. The number of nitrogens with one attached hydrogen (secondary N) is 1. The fourth-order valence-electron chi connectivity index (χ4n) is 4.07. The Kier molecular flexibility index (Phi) is 8.06. The van der Waals surface area contributed by atoms with Crippen molar-refractivity contribution in [3.63, 3.8) is 0 Å². The van der Waals surface area contributed by atoms with Gasteiger partial charge in [-0.15, -0.1) is 0 Å². The second kappa shape index (κ2) is 11.0. The average molecular weight is 424 g/mol. The molecule has 6 heteroatoms. The van der Waals surface area contributed by atoms with Gasteiger partial charge in [0.2, 0.25) is 0 Å². The van der Waals surface area contributed by atoms with Crippen LogP contribution in [-0.4, -0.2) is 55.0 Å². The van der Waals surface area contributed by atoms with Gasteiger partial charge in [-0.05, 0) is 43.5 Å². The highest BCUT2D eigenvalue weighted by Gasteiger charge is 2.36. The number of benzene rings is 2. The largest absolute Gasteiger partial charge is 0.385 e. The van der Waals surface area contributed by atoms with Gasteiger partial charge < -0.3 is 19.9 Å². The van der Waals surface area contributed by atoms with Crippen molar-refractivity contribution >= 4 is 17.5 Å². The summed E-state index contributed by atoms with van der Waals surface area (Å²) in [7, 11) is 1.67. The number of carbonyl (C=O) groups excluding carboxylic acids is 2. The molecule has 1 unspecified atom stereocenters. The van der Waals surface area contributed by atoms with Crippen molar-refractivity contribution in [2.45, 2.75) is 39.3 Å². The van der Waals surface area contributed by atoms with Crippen molar-refractivity contribution in [3.8, 4) is 0 Å². The first kappa shape index (κ1) is 22.8. The summed E-state index contributed by atoms with van der Waals surface area (Å²) in [5.74, 6) is 0.0701. The number of carbonyl (C=O) groups is 2. The summed E-state index contributed by atoms with van der Waals surface area (Å²) in [6.45, 7) is 6.87. The quantitative estimate of drug-likeness (QED) is 0.539. The number of nitrogens with zero attached hydrogens (tertiary/aromatic N) is 2. The second-order valence-electron chi connectivity index (χ2n) is 7.85. The minimum absolute atomic E-state index is 0.0218. The van der Waals surface area contributed by atoms with Gasteiger partial charge in [-0.2, -0.15) is 0 Å². The Morgan fingerprint density at radius 2 is 1.84 bits per heavy atom. The van der Waals surface area contributed by atoms with Gasteiger partial charge in [0.05, 0.1) is 0 Å². The molecule has 6 nitrogen and oxygen atoms in total. The van der Waals surface area contributed by atoms with Crippen LogP contribution in [0.15, 0.2) is 48.5 Å². The van der Waals surface area contributed by atoms with Crippen molar-refractivity contribution in [2.75, 3.05) is 38.7 Å². The van der Waals surface area contributed by atoms with Crippen molar-refractivity contribution in [3.05, 3.63) is 65.2 Å². The van der Waals surface area contributed by atoms with Gasteiger partial charge in [0.25, 0.3) is 11.8 Å². The molecule has 0 fully saturated rings. The van der Waals surface area contributed by atoms with Gasteiger partial charge in [0, 0.05) is 55.7 Å². The number of hydrogen-bond donors (Lipinski definition) is 1. The molecule has 1 heterocycles. The first-order chi connectivity index (χ1) is 15.1. The molecule has 31 heavy (non-hydrogen) atoms. The zero-order valence-electron chi connectivity index (χ0n) is 18.8. The van der Waals surface area contributed by atoms with Gasteiger partial charge >= 0.3 is 0 Å². The third-order valence-electron chi connectivity index (χ3n) is 5.49. The normalized spacial score (nSPS) is 15.1. The van der Waals surface area contributed by atoms with Crippen molar-refractivity contribution in [1.29, 1.82) is 0 Å². The molecule has 2 aromatic rings. The number of ether oxygens (including phenoxy) is 1. The van der Waals surface area contributed by atoms with E-state index in [4.69, 9.17) is 4.74 Å². The summed E-state index contributed by atoms with van der Waals surface area (Å²) >= 11 is 0. The number of fused-ring (bicyclic) bond motifs is 1. The Morgan fingerprint density at radius 1 is 1.10 bits per heavy atom. The predicted molar refractivity (Wildman–Crippen MR) is 123 cm³/mol. The van der Waals surface area contributed by atoms with E-state index >= 15 is 0 Å². The van der Waals surface area contributed by atoms with Crippen LogP contribution in [0.2, 0.25) is 0 Å². The van der Waals surface area contributed by atoms with Crippen LogP contribution < -0.4 is 5.32 Å². The number of methoxy groups -OCH3 is 1. The van der Waals surface area contributed by atoms with Gasteiger partial charge in [-0.3, -0.25) is 9.59 Å². The highest BCUT2D eigenvalue weighted by molar-refractivity contribution is 5.99. The standard InChI is InChI=1S/C25H33N3O3/c1-4-14-27(15-5-2)24(29)19-10-8-11-20(18-19)26-23-21-12-6-7-13-22(21)25(30)28(23)16-9-17-31-3/h6-8,10-13,18,23,26H,4-5,9,14-17H2,1-3H3. The summed E-state index contributed by atoms with van der Waals surface area (Å²) in [5.41, 5.74) is 3.17. The molecule has 3 rings (SSSR count). The first-order valence-electron chi connectivity index (χ1n) is 11.1. The molecule has 1 aliphatic rings. The molecular formula is C25H33N3O3. The molecule has 0 spiro atoms. The van der Waals surface area contributed by atoms with E-state index in [0.717, 1.165) is 49.2 Å². The van der Waals surface area contributed by atoms with E-state index in [-0.39, 0.29) is 18.0 Å². The lowest BCUT2D eigenvalue weighted by Crippen LogP contribution is -2.34. The van der Waals surface area contributed by atoms with Crippen LogP contribution in [-0.2, 0) is 4.74 Å². The third kappa shape index (κ3) is 5.25. The smallest absolute Gasteiger partial charge is 0.256 e. The lowest BCUT2D eigenvalue weighted by Gasteiger charge is -2.27. The lowest BCUT2D eigenvalue weighted by molar-refractivity contribution is 0.0719. The number of rotatable bonds is 11. The predicted octanol–water partition coefficient (Wildman–Crippen LogP) is 4.55. The molecule has 0 radical (unpaired) electrons. The van der Waals surface area contributed by atoms with Crippen molar-refractivity contribution in [1.82, 2.24) is 9.80 Å². The van der Waals surface area contributed by atoms with Crippen LogP contribution in [0.5, 0.6) is 0 Å². The number of anilines is 1. The van der Waals surface area contributed by atoms with E-state index in [0.29, 0.717) is 18.7 Å². The maximum absolute atomic E-state index is 13.0. The van der Waals surface area contributed by atoms with E-state index < -0.39 is 0 Å². The van der Waals surface area contributed by atoms with Gasteiger partial charge in [-0.25, -0.2) is 0 Å². The summed E-state index contributed by atoms with van der Waals surface area (Å²) in [4.78, 5) is 29.8. The maximum Gasteiger partial charge on any atom is 0.256 e. The highest BCUT2D eigenvalue weighted by atomic mass is 16.5. The van der Waals surface area contributed by atoms with Gasteiger partial charge in [0.1, 0.15) is 6.17 Å². The molecule has 2 aromatic carbocycles. The Balaban J connectivity index is 1.83. The number of amides is 2. The third-order valence-corrected chi connectivity index (χ3v) is 5.49. The van der Waals surface area contributed by atoms with Crippen LogP contribution in [0.1, 0.15) is 65.6 Å². The molecule has 1 aliphatic heterocycles. The minimum Gasteiger partial charge on any atom is -0.385 e. The molecule has 0 bridgehead atoms. The topological polar surface area (TPSA) is 61.9 Å². The van der Waals surface area contributed by atoms with E-state index in [1.807, 2.05) is 58.3 Å². The summed E-state index contributed by atoms with van der Waals surface area (Å²) in [6.07, 6.45) is 2.35. The summed E-state index contributed by atoms with van der Waals surface area (Å²) in [5, 5.41) is 3.50. The fraction of sp³-hybridized carbons (Fsp3) is 0.440. The van der Waals surface area contributed by atoms with E-state index in [1.165, 1.54) is 0 Å². The Labute approximate surface area is 185 Å². The second-order valence-corrected chi connectivity index (χ2v) is 7.85. The Bertz CT molecular complexity index is 893. The van der Waals surface area contributed by atoms with Crippen LogP contribution >= 0.6 is 0 Å². The molecule has 0 aliphatic carbocycles. The molecule has 1 N–H and O–H groups in total. The zero-order valence-corrected chi connectivity index (χ0v) is 18.8. The molecule has 166 valence electrons. The van der Waals surface area contributed by atoms with Crippen molar-refractivity contribution in [2.24, 2.45) is 0 Å². The van der Waals surface area contributed by atoms with Crippen LogP contribution in [0.4, 0.5) is 5.69 Å². The van der Waals surface area contributed by atoms with E-state index in [1.54, 1.807) is 7.11 Å². The highest BCUT2D eigenvalue weighted by Crippen LogP contribution is 2.34. The summed E-state index contributed by atoms with van der Waals surface area (Å²) in [6, 6.07) is 15.3. The fourth-order valence-corrected chi connectivity index (χ4v) is 4.07. The van der Waals surface area contributed by atoms with Gasteiger partial charge in [-0.1, -0.05) is 38.1 Å².